The van der Waals surface area contributed by atoms with Crippen LogP contribution >= 0.6 is 0 Å². The van der Waals surface area contributed by atoms with Gasteiger partial charge in [0, 0.05) is 12.1 Å². The average Bonchev–Trinajstić information content (AvgIpc) is 2.81. The number of carbonyl (C=O) groups is 1. The van der Waals surface area contributed by atoms with Crippen LogP contribution in [-0.4, -0.2) is 42.9 Å². The van der Waals surface area contributed by atoms with Crippen molar-refractivity contribution >= 4 is 21.7 Å². The zero-order valence-electron chi connectivity index (χ0n) is 21.3. The average molecular weight is 527 g/mol. The van der Waals surface area contributed by atoms with Gasteiger partial charge in [0.05, 0.1) is 24.5 Å². The summed E-state index contributed by atoms with van der Waals surface area (Å²) in [6.45, 7) is 4.50. The molecular weight excluding hydrogens is 492 g/mol. The second-order valence-electron chi connectivity index (χ2n) is 9.75. The fourth-order valence-corrected chi connectivity index (χ4v) is 4.54. The van der Waals surface area contributed by atoms with Gasteiger partial charge in [-0.3, -0.25) is 9.52 Å². The number of hydrogen-bond donors (Lipinski definition) is 4. The van der Waals surface area contributed by atoms with Crippen molar-refractivity contribution < 1.29 is 28.2 Å². The predicted molar refractivity (Wildman–Crippen MR) is 144 cm³/mol. The van der Waals surface area contributed by atoms with Crippen molar-refractivity contribution in [3.63, 3.8) is 0 Å². The Bertz CT molecular complexity index is 1310. The number of aliphatic carboxylic acids is 1. The number of hydrogen-bond acceptors (Lipinski definition) is 6. The van der Waals surface area contributed by atoms with Crippen LogP contribution in [0.5, 0.6) is 5.75 Å². The molecule has 1 unspecified atom stereocenters. The van der Waals surface area contributed by atoms with Crippen LogP contribution in [-0.2, 0) is 34.3 Å². The van der Waals surface area contributed by atoms with Crippen LogP contribution in [0.4, 0.5) is 5.69 Å². The maximum absolute atomic E-state index is 11.9. The number of anilines is 1. The van der Waals surface area contributed by atoms with E-state index in [0.29, 0.717) is 17.7 Å². The van der Waals surface area contributed by atoms with E-state index in [1.54, 1.807) is 24.3 Å². The monoisotopic (exact) mass is 526 g/mol. The van der Waals surface area contributed by atoms with Gasteiger partial charge in [-0.15, -0.1) is 0 Å². The van der Waals surface area contributed by atoms with Gasteiger partial charge in [0.25, 0.3) is 0 Å². The molecule has 4 N–H and O–H groups in total. The van der Waals surface area contributed by atoms with Crippen LogP contribution in [0.1, 0.15) is 42.2 Å². The van der Waals surface area contributed by atoms with Gasteiger partial charge in [-0.2, -0.15) is 0 Å². The largest absolute Gasteiger partial charge is 0.487 e. The Labute approximate surface area is 218 Å². The molecule has 0 spiro atoms. The SMILES string of the molecule is CC(C)(Cc1cccc(CC(=O)O)c1)NCC(O)c1ccc(OCc2ccccc2)c(NS(C)(=O)=O)c1. The number of aliphatic hydroxyl groups excluding tert-OH is 1. The molecule has 0 aromatic heterocycles. The lowest BCUT2D eigenvalue weighted by Gasteiger charge is -2.28. The van der Waals surface area contributed by atoms with Crippen molar-refractivity contribution in [3.8, 4) is 5.75 Å². The van der Waals surface area contributed by atoms with E-state index in [9.17, 15) is 18.3 Å². The highest BCUT2D eigenvalue weighted by atomic mass is 32.2. The van der Waals surface area contributed by atoms with E-state index >= 15 is 0 Å². The Kier molecular flexibility index (Phi) is 9.31. The van der Waals surface area contributed by atoms with Crippen molar-refractivity contribution in [2.75, 3.05) is 17.5 Å². The molecule has 0 saturated heterocycles. The Hall–Kier alpha value is -3.40. The zero-order chi connectivity index (χ0) is 27.1. The maximum atomic E-state index is 11.9. The molecule has 9 heteroatoms. The molecule has 0 aliphatic rings. The lowest BCUT2D eigenvalue weighted by atomic mass is 9.93. The third-order valence-corrected chi connectivity index (χ3v) is 6.28. The van der Waals surface area contributed by atoms with E-state index in [2.05, 4.69) is 10.0 Å². The first-order valence-electron chi connectivity index (χ1n) is 11.9. The molecule has 0 amide bonds. The number of rotatable bonds is 13. The van der Waals surface area contributed by atoms with Gasteiger partial charge in [-0.1, -0.05) is 60.7 Å². The summed E-state index contributed by atoms with van der Waals surface area (Å²) < 4.78 is 32.2. The third-order valence-electron chi connectivity index (χ3n) is 5.69. The highest BCUT2D eigenvalue weighted by Crippen LogP contribution is 2.30. The van der Waals surface area contributed by atoms with Crippen LogP contribution in [0.25, 0.3) is 0 Å². The molecule has 0 aliphatic heterocycles. The fraction of sp³-hybridized carbons (Fsp3) is 0.321. The van der Waals surface area contributed by atoms with Gasteiger partial charge < -0.3 is 20.3 Å². The van der Waals surface area contributed by atoms with Crippen LogP contribution in [0.15, 0.2) is 72.8 Å². The molecule has 0 radical (unpaired) electrons. The highest BCUT2D eigenvalue weighted by molar-refractivity contribution is 7.92. The smallest absolute Gasteiger partial charge is 0.307 e. The third kappa shape index (κ3) is 9.53. The molecule has 0 fully saturated rings. The summed E-state index contributed by atoms with van der Waals surface area (Å²) in [6.07, 6.45) is 0.753. The molecule has 198 valence electrons. The topological polar surface area (TPSA) is 125 Å². The molecule has 37 heavy (non-hydrogen) atoms. The minimum atomic E-state index is -3.57. The number of aliphatic hydroxyl groups is 1. The van der Waals surface area contributed by atoms with Crippen LogP contribution in [0.3, 0.4) is 0 Å². The second kappa shape index (κ2) is 12.2. The van der Waals surface area contributed by atoms with Gasteiger partial charge in [0.1, 0.15) is 12.4 Å². The minimum absolute atomic E-state index is 0.0324. The molecule has 1 atom stereocenters. The van der Waals surface area contributed by atoms with Crippen LogP contribution in [0, 0.1) is 0 Å². The Morgan fingerprint density at radius 3 is 2.32 bits per heavy atom. The molecule has 0 heterocycles. The molecule has 8 nitrogen and oxygen atoms in total. The number of benzene rings is 3. The van der Waals surface area contributed by atoms with E-state index < -0.39 is 27.6 Å². The summed E-state index contributed by atoms with van der Waals surface area (Å²) in [5.41, 5.74) is 3.06. The van der Waals surface area contributed by atoms with Crippen molar-refractivity contribution in [1.82, 2.24) is 5.32 Å². The molecule has 0 bridgehead atoms. The van der Waals surface area contributed by atoms with E-state index in [1.165, 1.54) is 0 Å². The van der Waals surface area contributed by atoms with Gasteiger partial charge in [0.2, 0.25) is 10.0 Å². The predicted octanol–water partition coefficient (Wildman–Crippen LogP) is 3.91. The van der Waals surface area contributed by atoms with Crippen LogP contribution < -0.4 is 14.8 Å². The van der Waals surface area contributed by atoms with E-state index in [4.69, 9.17) is 9.84 Å². The summed E-state index contributed by atoms with van der Waals surface area (Å²) in [6, 6.07) is 21.9. The van der Waals surface area contributed by atoms with E-state index in [0.717, 1.165) is 22.9 Å². The number of nitrogens with one attached hydrogen (secondary N) is 2. The van der Waals surface area contributed by atoms with Gasteiger partial charge in [0.15, 0.2) is 0 Å². The highest BCUT2D eigenvalue weighted by Gasteiger charge is 2.21. The van der Waals surface area contributed by atoms with Gasteiger partial charge in [-0.25, -0.2) is 8.42 Å². The normalized spacial score (nSPS) is 12.6. The summed E-state index contributed by atoms with van der Waals surface area (Å²) in [7, 11) is -3.57. The van der Waals surface area contributed by atoms with Gasteiger partial charge >= 0.3 is 5.97 Å². The second-order valence-corrected chi connectivity index (χ2v) is 11.5. The van der Waals surface area contributed by atoms with Crippen LogP contribution in [0.2, 0.25) is 0 Å². The molecule has 0 saturated carbocycles. The molecule has 3 rings (SSSR count). The van der Waals surface area contributed by atoms with Crippen molar-refractivity contribution in [2.45, 2.75) is 44.9 Å². The molecule has 3 aromatic carbocycles. The quantitative estimate of drug-likeness (QED) is 0.266. The summed E-state index contributed by atoms with van der Waals surface area (Å²) >= 11 is 0. The minimum Gasteiger partial charge on any atom is -0.487 e. The van der Waals surface area contributed by atoms with E-state index in [1.807, 2.05) is 62.4 Å². The first-order valence-corrected chi connectivity index (χ1v) is 13.8. The van der Waals surface area contributed by atoms with E-state index in [-0.39, 0.29) is 25.3 Å². The standard InChI is InChI=1S/C28H34N2O6S/c1-28(2,17-22-11-7-10-21(14-22)15-27(32)33)29-18-25(31)23-12-13-26(24(16-23)30-37(3,34)35)36-19-20-8-5-4-6-9-20/h4-14,16,25,29-31H,15,17-19H2,1-3H3,(H,32,33). The Morgan fingerprint density at radius 1 is 0.973 bits per heavy atom. The lowest BCUT2D eigenvalue weighted by Crippen LogP contribution is -2.43. The number of carboxylic acids is 1. The maximum Gasteiger partial charge on any atom is 0.307 e. The van der Waals surface area contributed by atoms with Crippen molar-refractivity contribution in [3.05, 3.63) is 95.1 Å². The molecular formula is C28H34N2O6S. The van der Waals surface area contributed by atoms with Gasteiger partial charge in [-0.05, 0) is 54.7 Å². The Balaban J connectivity index is 1.68. The first-order chi connectivity index (χ1) is 17.4. The molecule has 3 aromatic rings. The fourth-order valence-electron chi connectivity index (χ4n) is 3.98. The Morgan fingerprint density at radius 2 is 1.65 bits per heavy atom. The van der Waals surface area contributed by atoms with Crippen molar-refractivity contribution in [2.24, 2.45) is 0 Å². The number of sulfonamides is 1. The number of ether oxygens (including phenoxy) is 1. The first kappa shape index (κ1) is 28.2. The summed E-state index contributed by atoms with van der Waals surface area (Å²) in [5.74, 6) is -0.515. The zero-order valence-corrected chi connectivity index (χ0v) is 22.1. The number of β-amino-alcohol motifs (C(OH)–C–C–N with tert-alkyl or cyclic N) is 1. The van der Waals surface area contributed by atoms with Crippen molar-refractivity contribution in [1.29, 1.82) is 0 Å². The summed E-state index contributed by atoms with van der Waals surface area (Å²) in [4.78, 5) is 11.0. The molecule has 0 aliphatic carbocycles. The summed E-state index contributed by atoms with van der Waals surface area (Å²) in [5, 5.41) is 23.3. The number of carboxylic acid groups (broad SMARTS) is 1. The lowest BCUT2D eigenvalue weighted by molar-refractivity contribution is -0.136.